The van der Waals surface area contributed by atoms with E-state index in [0.29, 0.717) is 78.4 Å². The zero-order valence-corrected chi connectivity index (χ0v) is 38.5. The van der Waals surface area contributed by atoms with Crippen LogP contribution in [0.25, 0.3) is 10.9 Å². The summed E-state index contributed by atoms with van der Waals surface area (Å²) in [6.07, 6.45) is 0. The first-order valence-electron chi connectivity index (χ1n) is 19.4. The molecule has 0 spiro atoms. The molecule has 1 heterocycles. The van der Waals surface area contributed by atoms with Crippen LogP contribution in [-0.2, 0) is 17.9 Å². The van der Waals surface area contributed by atoms with Crippen LogP contribution in [0.1, 0.15) is 70.0 Å². The monoisotopic (exact) mass is 912 g/mol. The van der Waals surface area contributed by atoms with Crippen molar-refractivity contribution in [2.24, 2.45) is 7.05 Å². The number of carbonyl (C=O) groups is 3. The summed E-state index contributed by atoms with van der Waals surface area (Å²) in [5.41, 5.74) is 3.08. The van der Waals surface area contributed by atoms with Crippen molar-refractivity contribution in [3.05, 3.63) is 134 Å². The van der Waals surface area contributed by atoms with Gasteiger partial charge in [0.15, 0.2) is 28.7 Å². The second-order valence-electron chi connectivity index (χ2n) is 15.4. The van der Waals surface area contributed by atoms with E-state index in [0.717, 1.165) is 16.5 Å². The van der Waals surface area contributed by atoms with Crippen LogP contribution in [-0.4, -0.2) is 62.5 Å². The minimum atomic E-state index is -0.847. The molecule has 0 aliphatic carbocycles. The molecule has 16 heteroatoms. The van der Waals surface area contributed by atoms with E-state index in [1.807, 2.05) is 51.2 Å². The standard InChI is InChI=1S/C28H29ClN4O4.C19H18Cl2N2O3/c1-28(2,16-30-27(35)25-19-8-6-7-9-22(19)33(3)32-25)20-12-11-18(15-21(20)29)31-26(34)17-10-13-23(36-4)24(14-17)37-5;1-19(2,10-22)17-13(20)8-12(9-14(17)21)23-18(24)11-5-6-15(25-3)16(7-11)26-4/h6-15H,16H2,1-5H3,(H,30,35)(H,31,34);5-9H,1-4H3,(H,23,24). The predicted octanol–water partition coefficient (Wildman–Crippen LogP) is 10.3. The SMILES string of the molecule is COc1ccc(C(=O)Nc2cc(Cl)c(C(C)(C)C#N)c(Cl)c2)cc1OC.COc1ccc(C(=O)Nc2ccc(C(C)(C)CNC(=O)c3nn(C)c4ccccc34)c(Cl)c2)cc1OC. The van der Waals surface area contributed by atoms with Crippen molar-refractivity contribution in [3.8, 4) is 29.1 Å². The third-order valence-corrected chi connectivity index (χ3v) is 11.0. The minimum Gasteiger partial charge on any atom is -0.493 e. The molecule has 0 aliphatic heterocycles. The Balaban J connectivity index is 0.000000253. The van der Waals surface area contributed by atoms with Crippen LogP contribution in [0.3, 0.4) is 0 Å². The number of halogens is 3. The van der Waals surface area contributed by atoms with Gasteiger partial charge in [-0.15, -0.1) is 0 Å². The highest BCUT2D eigenvalue weighted by molar-refractivity contribution is 6.37. The molecule has 0 saturated heterocycles. The van der Waals surface area contributed by atoms with E-state index in [2.05, 4.69) is 27.1 Å². The fourth-order valence-electron chi connectivity index (χ4n) is 6.66. The van der Waals surface area contributed by atoms with E-state index >= 15 is 0 Å². The van der Waals surface area contributed by atoms with Gasteiger partial charge in [-0.25, -0.2) is 0 Å². The molecule has 0 radical (unpaired) electrons. The molecule has 0 aliphatic rings. The van der Waals surface area contributed by atoms with Gasteiger partial charge in [-0.05, 0) is 86.1 Å². The van der Waals surface area contributed by atoms with Crippen LogP contribution in [0.15, 0.2) is 91.0 Å². The summed E-state index contributed by atoms with van der Waals surface area (Å²) in [5, 5.41) is 24.2. The molecule has 0 fully saturated rings. The maximum atomic E-state index is 12.9. The molecule has 13 nitrogen and oxygen atoms in total. The number of nitrogens with one attached hydrogen (secondary N) is 3. The highest BCUT2D eigenvalue weighted by Gasteiger charge is 2.28. The van der Waals surface area contributed by atoms with E-state index in [1.54, 1.807) is 79.2 Å². The summed E-state index contributed by atoms with van der Waals surface area (Å²) in [6.45, 7) is 7.78. The van der Waals surface area contributed by atoms with E-state index in [4.69, 9.17) is 53.8 Å². The Kier molecular flexibility index (Phi) is 15.2. The number of nitriles is 1. The lowest BCUT2D eigenvalue weighted by Crippen LogP contribution is -2.37. The van der Waals surface area contributed by atoms with Crippen LogP contribution in [0, 0.1) is 11.3 Å². The number of para-hydroxylation sites is 1. The number of fused-ring (bicyclic) bond motifs is 1. The van der Waals surface area contributed by atoms with Gasteiger partial charge >= 0.3 is 0 Å². The van der Waals surface area contributed by atoms with Crippen molar-refractivity contribution in [3.63, 3.8) is 0 Å². The van der Waals surface area contributed by atoms with Crippen LogP contribution in [0.4, 0.5) is 11.4 Å². The third kappa shape index (κ3) is 11.0. The first kappa shape index (κ1) is 47.6. The van der Waals surface area contributed by atoms with Crippen molar-refractivity contribution < 1.29 is 33.3 Å². The summed E-state index contributed by atoms with van der Waals surface area (Å²) in [6, 6.07) is 28.0. The van der Waals surface area contributed by atoms with Crippen LogP contribution >= 0.6 is 34.8 Å². The number of methoxy groups -OCH3 is 4. The highest BCUT2D eigenvalue weighted by Crippen LogP contribution is 2.38. The lowest BCUT2D eigenvalue weighted by molar-refractivity contribution is 0.0940. The summed E-state index contributed by atoms with van der Waals surface area (Å²) < 4.78 is 22.6. The number of aryl methyl sites for hydroxylation is 1. The van der Waals surface area contributed by atoms with Crippen molar-refractivity contribution >= 4 is 74.8 Å². The fourth-order valence-corrected chi connectivity index (χ4v) is 8.06. The number of amides is 3. The molecule has 5 aromatic carbocycles. The van der Waals surface area contributed by atoms with Crippen molar-refractivity contribution in [2.45, 2.75) is 38.5 Å². The van der Waals surface area contributed by atoms with Crippen molar-refractivity contribution in [1.29, 1.82) is 5.26 Å². The van der Waals surface area contributed by atoms with Gasteiger partial charge in [0, 0.05) is 67.5 Å². The number of hydrogen-bond acceptors (Lipinski definition) is 9. The Labute approximate surface area is 381 Å². The molecule has 0 bridgehead atoms. The maximum absolute atomic E-state index is 12.9. The molecular weight excluding hydrogens is 867 g/mol. The first-order valence-corrected chi connectivity index (χ1v) is 20.5. The smallest absolute Gasteiger partial charge is 0.272 e. The Morgan fingerprint density at radius 3 is 1.68 bits per heavy atom. The van der Waals surface area contributed by atoms with E-state index in [-0.39, 0.29) is 17.7 Å². The molecular formula is C47H47Cl3N6O7. The largest absolute Gasteiger partial charge is 0.493 e. The van der Waals surface area contributed by atoms with Gasteiger partial charge in [-0.1, -0.05) is 72.9 Å². The zero-order chi connectivity index (χ0) is 46.2. The molecule has 0 saturated carbocycles. The number of anilines is 2. The number of hydrogen-bond donors (Lipinski definition) is 3. The molecule has 1 aromatic heterocycles. The second-order valence-corrected chi connectivity index (χ2v) is 16.6. The Bertz CT molecular complexity index is 2700. The average Bonchev–Trinajstić information content (AvgIpc) is 3.60. The van der Waals surface area contributed by atoms with Crippen molar-refractivity contribution in [1.82, 2.24) is 15.1 Å². The molecule has 3 N–H and O–H groups in total. The lowest BCUT2D eigenvalue weighted by Gasteiger charge is -2.27. The van der Waals surface area contributed by atoms with Gasteiger partial charge in [-0.2, -0.15) is 10.4 Å². The van der Waals surface area contributed by atoms with Crippen molar-refractivity contribution in [2.75, 3.05) is 45.6 Å². The van der Waals surface area contributed by atoms with E-state index in [1.165, 1.54) is 28.4 Å². The summed E-state index contributed by atoms with van der Waals surface area (Å²) in [7, 11) is 7.88. The average molecular weight is 914 g/mol. The van der Waals surface area contributed by atoms with E-state index < -0.39 is 10.8 Å². The number of carbonyl (C=O) groups excluding carboxylic acids is 3. The number of ether oxygens (including phenoxy) is 4. The Hall–Kier alpha value is -6.46. The number of benzene rings is 5. The minimum absolute atomic E-state index is 0.250. The molecule has 0 unspecified atom stereocenters. The molecule has 6 aromatic rings. The second kappa shape index (κ2) is 20.2. The van der Waals surface area contributed by atoms with Crippen LogP contribution in [0.5, 0.6) is 23.0 Å². The van der Waals surface area contributed by atoms with Gasteiger partial charge in [-0.3, -0.25) is 19.1 Å². The quantitative estimate of drug-likeness (QED) is 0.102. The molecule has 0 atom stereocenters. The van der Waals surface area contributed by atoms with Crippen LogP contribution in [0.2, 0.25) is 15.1 Å². The van der Waals surface area contributed by atoms with Gasteiger partial charge in [0.1, 0.15) is 0 Å². The molecule has 328 valence electrons. The van der Waals surface area contributed by atoms with E-state index in [9.17, 15) is 19.6 Å². The normalized spacial score (nSPS) is 11.1. The lowest BCUT2D eigenvalue weighted by atomic mass is 9.84. The highest BCUT2D eigenvalue weighted by atomic mass is 35.5. The number of nitrogens with zero attached hydrogens (tertiary/aromatic N) is 3. The zero-order valence-electron chi connectivity index (χ0n) is 36.2. The Morgan fingerprint density at radius 2 is 1.17 bits per heavy atom. The van der Waals surface area contributed by atoms with Crippen LogP contribution < -0.4 is 34.9 Å². The molecule has 63 heavy (non-hydrogen) atoms. The maximum Gasteiger partial charge on any atom is 0.272 e. The summed E-state index contributed by atoms with van der Waals surface area (Å²) in [5.74, 6) is 1.06. The van der Waals surface area contributed by atoms with Gasteiger partial charge in [0.2, 0.25) is 0 Å². The number of rotatable bonds is 13. The van der Waals surface area contributed by atoms with Gasteiger partial charge < -0.3 is 34.9 Å². The predicted molar refractivity (Wildman–Crippen MR) is 248 cm³/mol. The molecule has 3 amide bonds. The summed E-state index contributed by atoms with van der Waals surface area (Å²) >= 11 is 19.2. The fraction of sp³-hybridized carbons (Fsp3) is 0.255. The third-order valence-electron chi connectivity index (χ3n) is 10.1. The first-order chi connectivity index (χ1) is 29.9. The Morgan fingerprint density at radius 1 is 0.667 bits per heavy atom. The van der Waals surface area contributed by atoms with Gasteiger partial charge in [0.25, 0.3) is 17.7 Å². The van der Waals surface area contributed by atoms with Gasteiger partial charge in [0.05, 0.1) is 45.4 Å². The topological polar surface area (TPSA) is 166 Å². The summed E-state index contributed by atoms with van der Waals surface area (Å²) in [4.78, 5) is 38.2. The number of aromatic nitrogens is 2. The molecule has 6 rings (SSSR count).